The van der Waals surface area contributed by atoms with Crippen LogP contribution in [-0.4, -0.2) is 5.91 Å². The number of benzene rings is 2. The molecule has 3 heteroatoms. The first-order chi connectivity index (χ1) is 10.7. The topological polar surface area (TPSA) is 33.0 Å². The lowest BCUT2D eigenvalue weighted by atomic mass is 10.2. The molecule has 3 aromatic rings. The largest absolute Gasteiger partial charge is 0.323 e. The average molecular weight is 289 g/mol. The molecule has 1 N–H and O–H groups in total. The number of hydrogen-bond donors (Lipinski definition) is 1. The van der Waals surface area contributed by atoms with Gasteiger partial charge in [0.25, 0.3) is 0 Å². The smallest absolute Gasteiger partial charge is 0.248 e. The molecule has 0 fully saturated rings. The Labute approximate surface area is 129 Å². The fraction of sp³-hybridized carbons (Fsp3) is 0.0526. The van der Waals surface area contributed by atoms with Crippen molar-refractivity contribution < 1.29 is 9.36 Å². The summed E-state index contributed by atoms with van der Waals surface area (Å²) in [5, 5.41) is 4.01. The molecule has 0 aliphatic carbocycles. The van der Waals surface area contributed by atoms with Crippen LogP contribution in [0.25, 0.3) is 17.0 Å². The Morgan fingerprint density at radius 2 is 1.68 bits per heavy atom. The zero-order valence-corrected chi connectivity index (χ0v) is 12.4. The van der Waals surface area contributed by atoms with E-state index < -0.39 is 0 Å². The average Bonchev–Trinajstić information content (AvgIpc) is 2.55. The molecule has 2 aromatic carbocycles. The summed E-state index contributed by atoms with van der Waals surface area (Å²) in [6.07, 6.45) is 3.38. The Morgan fingerprint density at radius 3 is 2.50 bits per heavy atom. The molecule has 0 atom stereocenters. The van der Waals surface area contributed by atoms with Gasteiger partial charge in [-0.25, -0.2) is 0 Å². The van der Waals surface area contributed by atoms with Gasteiger partial charge in [-0.15, -0.1) is 0 Å². The van der Waals surface area contributed by atoms with Crippen LogP contribution in [0.2, 0.25) is 0 Å². The molecule has 0 spiro atoms. The third-order valence-corrected chi connectivity index (χ3v) is 3.57. The van der Waals surface area contributed by atoms with Crippen LogP contribution < -0.4 is 9.88 Å². The van der Waals surface area contributed by atoms with Crippen molar-refractivity contribution in [2.45, 2.75) is 0 Å². The maximum absolute atomic E-state index is 12.0. The lowest BCUT2D eigenvalue weighted by Crippen LogP contribution is -2.32. The maximum atomic E-state index is 12.0. The molecule has 0 bridgehead atoms. The zero-order valence-electron chi connectivity index (χ0n) is 12.4. The first-order valence-corrected chi connectivity index (χ1v) is 7.16. The van der Waals surface area contributed by atoms with Gasteiger partial charge in [0.05, 0.1) is 0 Å². The summed E-state index contributed by atoms with van der Waals surface area (Å²) in [4.78, 5) is 12.0. The van der Waals surface area contributed by atoms with Crippen molar-refractivity contribution in [1.29, 1.82) is 0 Å². The second-order valence-electron chi connectivity index (χ2n) is 5.06. The SMILES string of the molecule is C[n+]1c(C=CC(=O)Nc2ccccc2)ccc2ccccc21. The van der Waals surface area contributed by atoms with E-state index in [0.717, 1.165) is 16.9 Å². The zero-order chi connectivity index (χ0) is 15.4. The molecule has 1 amide bonds. The molecule has 0 unspecified atom stereocenters. The van der Waals surface area contributed by atoms with E-state index in [1.807, 2.05) is 61.7 Å². The van der Waals surface area contributed by atoms with E-state index in [4.69, 9.17) is 0 Å². The number of aromatic nitrogens is 1. The molecule has 0 aliphatic rings. The highest BCUT2D eigenvalue weighted by Crippen LogP contribution is 2.11. The molecule has 108 valence electrons. The standard InChI is InChI=1S/C19H16N2O/c1-21-17(12-11-15-7-5-6-10-18(15)21)13-14-19(22)20-16-8-3-2-4-9-16/h2-14H,1H3/p+1. The normalized spacial score (nSPS) is 11.0. The number of carbonyl (C=O) groups excluding carboxylic acids is 1. The van der Waals surface area contributed by atoms with Crippen LogP contribution in [0.5, 0.6) is 0 Å². The van der Waals surface area contributed by atoms with Gasteiger partial charge in [-0.05, 0) is 24.3 Å². The van der Waals surface area contributed by atoms with Crippen molar-refractivity contribution in [3.8, 4) is 0 Å². The number of nitrogens with zero attached hydrogens (tertiary/aromatic N) is 1. The summed E-state index contributed by atoms with van der Waals surface area (Å²) in [6.45, 7) is 0. The highest BCUT2D eigenvalue weighted by molar-refractivity contribution is 6.01. The van der Waals surface area contributed by atoms with Gasteiger partial charge in [0.2, 0.25) is 17.1 Å². The first kappa shape index (κ1) is 14.0. The fourth-order valence-electron chi connectivity index (χ4n) is 2.39. The molecule has 3 nitrogen and oxygen atoms in total. The summed E-state index contributed by atoms with van der Waals surface area (Å²) in [6, 6.07) is 21.7. The predicted molar refractivity (Wildman–Crippen MR) is 89.2 cm³/mol. The van der Waals surface area contributed by atoms with Crippen molar-refractivity contribution >= 4 is 28.6 Å². The quantitative estimate of drug-likeness (QED) is 0.582. The number of carbonyl (C=O) groups is 1. The van der Waals surface area contributed by atoms with E-state index in [1.54, 1.807) is 6.08 Å². The van der Waals surface area contributed by atoms with Gasteiger partial charge >= 0.3 is 0 Å². The Balaban J connectivity index is 1.80. The lowest BCUT2D eigenvalue weighted by molar-refractivity contribution is -0.646. The van der Waals surface area contributed by atoms with E-state index in [9.17, 15) is 4.79 Å². The Morgan fingerprint density at radius 1 is 0.955 bits per heavy atom. The molecule has 1 heterocycles. The van der Waals surface area contributed by atoms with Crippen LogP contribution in [0.1, 0.15) is 5.69 Å². The van der Waals surface area contributed by atoms with Crippen molar-refractivity contribution in [3.05, 3.63) is 78.5 Å². The lowest BCUT2D eigenvalue weighted by Gasteiger charge is -2.01. The minimum atomic E-state index is -0.139. The molecule has 0 saturated heterocycles. The van der Waals surface area contributed by atoms with E-state index >= 15 is 0 Å². The highest BCUT2D eigenvalue weighted by Gasteiger charge is 2.08. The van der Waals surface area contributed by atoms with Crippen LogP contribution >= 0.6 is 0 Å². The number of amides is 1. The number of fused-ring (bicyclic) bond motifs is 1. The number of aryl methyl sites for hydroxylation is 1. The van der Waals surface area contributed by atoms with Crippen LogP contribution in [0.3, 0.4) is 0 Å². The van der Waals surface area contributed by atoms with Gasteiger partial charge in [0.1, 0.15) is 7.05 Å². The maximum Gasteiger partial charge on any atom is 0.248 e. The van der Waals surface area contributed by atoms with Gasteiger partial charge in [-0.2, -0.15) is 4.57 Å². The van der Waals surface area contributed by atoms with Crippen molar-refractivity contribution in [1.82, 2.24) is 0 Å². The van der Waals surface area contributed by atoms with Crippen molar-refractivity contribution in [2.75, 3.05) is 5.32 Å². The van der Waals surface area contributed by atoms with Crippen molar-refractivity contribution in [2.24, 2.45) is 7.05 Å². The molecular weight excluding hydrogens is 272 g/mol. The van der Waals surface area contributed by atoms with Crippen LogP contribution in [0.15, 0.2) is 72.8 Å². The molecule has 0 aliphatic heterocycles. The van der Waals surface area contributed by atoms with Crippen LogP contribution in [0, 0.1) is 0 Å². The fourth-order valence-corrected chi connectivity index (χ4v) is 2.39. The molecule has 0 saturated carbocycles. The van der Waals surface area contributed by atoms with E-state index in [1.165, 1.54) is 5.39 Å². The monoisotopic (exact) mass is 289 g/mol. The van der Waals surface area contributed by atoms with Crippen LogP contribution in [-0.2, 0) is 11.8 Å². The van der Waals surface area contributed by atoms with E-state index in [-0.39, 0.29) is 5.91 Å². The number of hydrogen-bond acceptors (Lipinski definition) is 1. The number of pyridine rings is 1. The molecule has 3 rings (SSSR count). The van der Waals surface area contributed by atoms with Gasteiger partial charge in [0, 0.05) is 35.4 Å². The minimum Gasteiger partial charge on any atom is -0.323 e. The molecular formula is C19H17N2O+. The Kier molecular flexibility index (Phi) is 3.97. The van der Waals surface area contributed by atoms with Gasteiger partial charge in [0.15, 0.2) is 0 Å². The second kappa shape index (κ2) is 6.22. The molecule has 0 radical (unpaired) electrons. The Hall–Kier alpha value is -2.94. The highest BCUT2D eigenvalue weighted by atomic mass is 16.1. The predicted octanol–water partition coefficient (Wildman–Crippen LogP) is 3.32. The number of para-hydroxylation sites is 2. The number of anilines is 1. The molecule has 22 heavy (non-hydrogen) atoms. The van der Waals surface area contributed by atoms with E-state index in [0.29, 0.717) is 0 Å². The van der Waals surface area contributed by atoms with Gasteiger partial charge in [-0.3, -0.25) is 4.79 Å². The summed E-state index contributed by atoms with van der Waals surface area (Å²) >= 11 is 0. The second-order valence-corrected chi connectivity index (χ2v) is 5.06. The third-order valence-electron chi connectivity index (χ3n) is 3.57. The van der Waals surface area contributed by atoms with Gasteiger partial charge in [-0.1, -0.05) is 30.3 Å². The third kappa shape index (κ3) is 3.04. The van der Waals surface area contributed by atoms with E-state index in [2.05, 4.69) is 28.1 Å². The first-order valence-electron chi connectivity index (χ1n) is 7.16. The summed E-state index contributed by atoms with van der Waals surface area (Å²) < 4.78 is 2.07. The number of rotatable bonds is 3. The molecule has 1 aromatic heterocycles. The van der Waals surface area contributed by atoms with Crippen molar-refractivity contribution in [3.63, 3.8) is 0 Å². The van der Waals surface area contributed by atoms with Gasteiger partial charge < -0.3 is 5.32 Å². The minimum absolute atomic E-state index is 0.139. The Bertz CT molecular complexity index is 838. The summed E-state index contributed by atoms with van der Waals surface area (Å²) in [5.41, 5.74) is 2.90. The summed E-state index contributed by atoms with van der Waals surface area (Å²) in [5.74, 6) is -0.139. The number of nitrogens with one attached hydrogen (secondary N) is 1. The van der Waals surface area contributed by atoms with Crippen LogP contribution in [0.4, 0.5) is 5.69 Å². The summed E-state index contributed by atoms with van der Waals surface area (Å²) in [7, 11) is 2.00.